The second kappa shape index (κ2) is 10.2. The second-order valence-corrected chi connectivity index (χ2v) is 9.93. The number of esters is 1. The number of rotatable bonds is 9. The van der Waals surface area contributed by atoms with E-state index in [-0.39, 0.29) is 18.7 Å². The molecule has 2 N–H and O–H groups in total. The molecule has 1 fully saturated rings. The Bertz CT molecular complexity index is 1410. The van der Waals surface area contributed by atoms with Crippen LogP contribution in [0.25, 0.3) is 11.0 Å². The fourth-order valence-electron chi connectivity index (χ4n) is 5.13. The fraction of sp³-hybridized carbons (Fsp3) is 0.333. The predicted octanol–water partition coefficient (Wildman–Crippen LogP) is 4.86. The average molecular weight is 484 g/mol. The van der Waals surface area contributed by atoms with Crippen LogP contribution in [0.2, 0.25) is 0 Å². The van der Waals surface area contributed by atoms with Crippen molar-refractivity contribution in [3.05, 3.63) is 101 Å². The monoisotopic (exact) mass is 483 g/mol. The number of hydrogen-bond acceptors (Lipinski definition) is 4. The van der Waals surface area contributed by atoms with E-state index >= 15 is 0 Å². The molecule has 4 aromatic rings. The van der Waals surface area contributed by atoms with Crippen LogP contribution in [0, 0.1) is 25.2 Å². The Kier molecular flexibility index (Phi) is 6.79. The molecule has 0 aliphatic heterocycles. The summed E-state index contributed by atoms with van der Waals surface area (Å²) >= 11 is 0. The number of fused-ring (bicyclic) bond motifs is 1. The van der Waals surface area contributed by atoms with E-state index < -0.39 is 12.6 Å². The van der Waals surface area contributed by atoms with E-state index in [0.717, 1.165) is 29.4 Å². The standard InChI is InChI=1S/C30H33N3O3/c1-20-7-11-22(12-8-20)17-25(19-36-28(35)18-34)32-26-5-3-4-6-27(26)33(30(32)31)29(24-15-16-24)23-13-9-21(2)10-14-23/h3-14,24-25,29,31,34H,15-19H2,1-2H3. The normalized spacial score (nSPS) is 15.1. The summed E-state index contributed by atoms with van der Waals surface area (Å²) in [6, 6.07) is 24.9. The number of nitrogens with one attached hydrogen (secondary N) is 1. The molecule has 1 saturated carbocycles. The lowest BCUT2D eigenvalue weighted by Crippen LogP contribution is -2.34. The second-order valence-electron chi connectivity index (χ2n) is 9.93. The van der Waals surface area contributed by atoms with E-state index in [0.29, 0.717) is 18.0 Å². The minimum absolute atomic E-state index is 0.0734. The SMILES string of the molecule is Cc1ccc(CC(COC(=O)CO)n2c(=N)n(C(c3ccc(C)cc3)C3CC3)c3ccccc32)cc1. The summed E-state index contributed by atoms with van der Waals surface area (Å²) in [7, 11) is 0. The molecule has 5 rings (SSSR count). The van der Waals surface area contributed by atoms with Crippen LogP contribution in [-0.2, 0) is 16.0 Å². The first-order valence-electron chi connectivity index (χ1n) is 12.6. The summed E-state index contributed by atoms with van der Waals surface area (Å²) in [6.07, 6.45) is 2.89. The Labute approximate surface area is 211 Å². The van der Waals surface area contributed by atoms with Gasteiger partial charge in [-0.3, -0.25) is 5.41 Å². The van der Waals surface area contributed by atoms with Gasteiger partial charge in [-0.1, -0.05) is 71.8 Å². The van der Waals surface area contributed by atoms with Gasteiger partial charge in [-0.15, -0.1) is 0 Å². The smallest absolute Gasteiger partial charge is 0.331 e. The quantitative estimate of drug-likeness (QED) is 0.334. The highest BCUT2D eigenvalue weighted by molar-refractivity contribution is 5.76. The lowest BCUT2D eigenvalue weighted by Gasteiger charge is -2.22. The zero-order valence-corrected chi connectivity index (χ0v) is 20.9. The fourth-order valence-corrected chi connectivity index (χ4v) is 5.13. The number of imidazole rings is 1. The number of hydrogen-bond donors (Lipinski definition) is 2. The molecule has 6 heteroatoms. The molecule has 1 heterocycles. The van der Waals surface area contributed by atoms with Gasteiger partial charge in [0.05, 0.1) is 23.1 Å². The van der Waals surface area contributed by atoms with Crippen LogP contribution in [0.4, 0.5) is 0 Å². The number of para-hydroxylation sites is 2. The number of aryl methyl sites for hydroxylation is 2. The van der Waals surface area contributed by atoms with E-state index in [2.05, 4.69) is 73.0 Å². The van der Waals surface area contributed by atoms with Gasteiger partial charge in [-0.2, -0.15) is 0 Å². The van der Waals surface area contributed by atoms with Crippen LogP contribution >= 0.6 is 0 Å². The van der Waals surface area contributed by atoms with Crippen LogP contribution in [0.3, 0.4) is 0 Å². The minimum atomic E-state index is -0.658. The van der Waals surface area contributed by atoms with Crippen molar-refractivity contribution < 1.29 is 14.6 Å². The van der Waals surface area contributed by atoms with Crippen LogP contribution in [0.5, 0.6) is 0 Å². The van der Waals surface area contributed by atoms with E-state index in [1.165, 1.54) is 16.7 Å². The van der Waals surface area contributed by atoms with E-state index in [9.17, 15) is 15.3 Å². The number of aromatic nitrogens is 2. The van der Waals surface area contributed by atoms with Gasteiger partial charge in [0.1, 0.15) is 13.2 Å². The van der Waals surface area contributed by atoms with E-state index in [1.54, 1.807) is 0 Å². The lowest BCUT2D eigenvalue weighted by molar-refractivity contribution is -0.148. The number of ether oxygens (including phenoxy) is 1. The molecule has 186 valence electrons. The van der Waals surface area contributed by atoms with Gasteiger partial charge in [0.15, 0.2) is 0 Å². The largest absolute Gasteiger partial charge is 0.462 e. The van der Waals surface area contributed by atoms with Crippen molar-refractivity contribution in [1.82, 2.24) is 9.13 Å². The van der Waals surface area contributed by atoms with Crippen LogP contribution < -0.4 is 5.62 Å². The van der Waals surface area contributed by atoms with Gasteiger partial charge in [0, 0.05) is 0 Å². The molecular weight excluding hydrogens is 450 g/mol. The van der Waals surface area contributed by atoms with Gasteiger partial charge in [-0.25, -0.2) is 4.79 Å². The van der Waals surface area contributed by atoms with Crippen molar-refractivity contribution in [2.45, 2.75) is 45.2 Å². The summed E-state index contributed by atoms with van der Waals surface area (Å²) < 4.78 is 9.60. The molecule has 2 atom stereocenters. The Morgan fingerprint density at radius 3 is 2.11 bits per heavy atom. The maximum absolute atomic E-state index is 11.9. The Hall–Kier alpha value is -3.64. The number of aliphatic hydroxyl groups excluding tert-OH is 1. The van der Waals surface area contributed by atoms with Crippen molar-refractivity contribution in [3.63, 3.8) is 0 Å². The Morgan fingerprint density at radius 2 is 1.53 bits per heavy atom. The lowest BCUT2D eigenvalue weighted by atomic mass is 10.0. The Balaban J connectivity index is 1.64. The van der Waals surface area contributed by atoms with Crippen molar-refractivity contribution in [2.75, 3.05) is 13.2 Å². The van der Waals surface area contributed by atoms with E-state index in [4.69, 9.17) is 4.74 Å². The maximum Gasteiger partial charge on any atom is 0.331 e. The molecule has 0 bridgehead atoms. The molecule has 1 aliphatic carbocycles. The number of carbonyl (C=O) groups excluding carboxylic acids is 1. The zero-order chi connectivity index (χ0) is 25.2. The first kappa shape index (κ1) is 24.1. The highest BCUT2D eigenvalue weighted by Crippen LogP contribution is 2.44. The zero-order valence-electron chi connectivity index (χ0n) is 20.9. The average Bonchev–Trinajstić information content (AvgIpc) is 3.68. The molecule has 0 amide bonds. The van der Waals surface area contributed by atoms with Gasteiger partial charge >= 0.3 is 5.97 Å². The molecule has 0 radical (unpaired) electrons. The molecule has 1 aliphatic rings. The van der Waals surface area contributed by atoms with Gasteiger partial charge in [-0.05, 0) is 62.3 Å². The first-order chi connectivity index (χ1) is 17.5. The third-order valence-electron chi connectivity index (χ3n) is 7.15. The summed E-state index contributed by atoms with van der Waals surface area (Å²) in [6.45, 7) is 3.57. The highest BCUT2D eigenvalue weighted by Gasteiger charge is 2.36. The van der Waals surface area contributed by atoms with Gasteiger partial charge in [0.25, 0.3) is 0 Å². The molecule has 1 aromatic heterocycles. The summed E-state index contributed by atoms with van der Waals surface area (Å²) in [5.41, 5.74) is 7.05. The van der Waals surface area contributed by atoms with Crippen LogP contribution in [0.15, 0.2) is 72.8 Å². The molecule has 3 aromatic carbocycles. The number of benzene rings is 3. The van der Waals surface area contributed by atoms with Crippen molar-refractivity contribution >= 4 is 17.0 Å². The topological polar surface area (TPSA) is 80.2 Å². The van der Waals surface area contributed by atoms with Gasteiger partial charge < -0.3 is 19.0 Å². The predicted molar refractivity (Wildman–Crippen MR) is 140 cm³/mol. The van der Waals surface area contributed by atoms with Crippen LogP contribution in [0.1, 0.15) is 47.2 Å². The molecular formula is C30H33N3O3. The van der Waals surface area contributed by atoms with Gasteiger partial charge in [0.2, 0.25) is 5.62 Å². The van der Waals surface area contributed by atoms with Crippen molar-refractivity contribution in [3.8, 4) is 0 Å². The summed E-state index contributed by atoms with van der Waals surface area (Å²) in [4.78, 5) is 11.9. The number of nitrogens with zero attached hydrogens (tertiary/aromatic N) is 2. The number of aliphatic hydroxyl groups is 1. The van der Waals surface area contributed by atoms with Crippen LogP contribution in [-0.4, -0.2) is 33.4 Å². The molecule has 2 unspecified atom stereocenters. The summed E-state index contributed by atoms with van der Waals surface area (Å²) in [5, 5.41) is 18.6. The van der Waals surface area contributed by atoms with E-state index in [1.807, 2.05) is 22.8 Å². The van der Waals surface area contributed by atoms with Crippen molar-refractivity contribution in [1.29, 1.82) is 5.41 Å². The highest BCUT2D eigenvalue weighted by atomic mass is 16.5. The Morgan fingerprint density at radius 1 is 0.944 bits per heavy atom. The first-order valence-corrected chi connectivity index (χ1v) is 12.6. The third kappa shape index (κ3) is 4.86. The minimum Gasteiger partial charge on any atom is -0.462 e. The molecule has 0 spiro atoms. The molecule has 36 heavy (non-hydrogen) atoms. The maximum atomic E-state index is 11.9. The van der Waals surface area contributed by atoms with Crippen molar-refractivity contribution in [2.24, 2.45) is 5.92 Å². The number of carbonyl (C=O) groups is 1. The molecule has 6 nitrogen and oxygen atoms in total. The summed E-state index contributed by atoms with van der Waals surface area (Å²) in [5.74, 6) is -0.167. The molecule has 0 saturated heterocycles. The third-order valence-corrected chi connectivity index (χ3v) is 7.15.